The SMILES string of the molecule is CCOC(=O)C1=C(CN2CC(F)(F)C[C@H]2C(=O)O)NC(c2ncc[nH]2)=N[C@H]1c1ccc(C#N)cc1. The summed E-state index contributed by atoms with van der Waals surface area (Å²) in [4.78, 5) is 37.6. The first-order valence-electron chi connectivity index (χ1n) is 10.8. The lowest BCUT2D eigenvalue weighted by molar-refractivity contribution is -0.142. The number of imidazole rings is 1. The van der Waals surface area contributed by atoms with Gasteiger partial charge in [-0.05, 0) is 24.6 Å². The number of aliphatic carboxylic acids is 1. The van der Waals surface area contributed by atoms with E-state index in [9.17, 15) is 23.5 Å². The fourth-order valence-corrected chi connectivity index (χ4v) is 4.16. The third kappa shape index (κ3) is 5.04. The number of rotatable bonds is 7. The van der Waals surface area contributed by atoms with Crippen molar-refractivity contribution >= 4 is 17.8 Å². The van der Waals surface area contributed by atoms with Crippen molar-refractivity contribution in [1.29, 1.82) is 5.26 Å². The highest BCUT2D eigenvalue weighted by Crippen LogP contribution is 2.36. The maximum absolute atomic E-state index is 14.2. The Balaban J connectivity index is 1.82. The number of ether oxygens (including phenoxy) is 1. The monoisotopic (exact) mass is 484 g/mol. The van der Waals surface area contributed by atoms with E-state index in [1.54, 1.807) is 37.4 Å². The molecule has 0 spiro atoms. The Hall–Kier alpha value is -4.11. The quantitative estimate of drug-likeness (QED) is 0.506. The maximum Gasteiger partial charge on any atom is 0.338 e. The first kappa shape index (κ1) is 24.0. The van der Waals surface area contributed by atoms with E-state index in [0.717, 1.165) is 4.90 Å². The number of carbonyl (C=O) groups is 2. The molecule has 0 unspecified atom stereocenters. The molecule has 0 aliphatic carbocycles. The Bertz CT molecular complexity index is 1220. The number of amidine groups is 1. The largest absolute Gasteiger partial charge is 0.480 e. The number of esters is 1. The molecule has 182 valence electrons. The third-order valence-corrected chi connectivity index (χ3v) is 5.71. The van der Waals surface area contributed by atoms with E-state index in [-0.39, 0.29) is 30.3 Å². The van der Waals surface area contributed by atoms with Crippen molar-refractivity contribution in [3.63, 3.8) is 0 Å². The molecule has 12 heteroatoms. The van der Waals surface area contributed by atoms with Crippen molar-refractivity contribution in [2.45, 2.75) is 31.4 Å². The van der Waals surface area contributed by atoms with Crippen LogP contribution in [0.15, 0.2) is 52.9 Å². The molecular formula is C23H22F2N6O4. The summed E-state index contributed by atoms with van der Waals surface area (Å²) in [6.07, 6.45) is 2.24. The maximum atomic E-state index is 14.2. The van der Waals surface area contributed by atoms with Crippen LogP contribution in [0.1, 0.15) is 36.3 Å². The Kier molecular flexibility index (Phi) is 6.61. The van der Waals surface area contributed by atoms with Gasteiger partial charge in [-0.15, -0.1) is 0 Å². The summed E-state index contributed by atoms with van der Waals surface area (Å²) in [5, 5.41) is 21.6. The van der Waals surface area contributed by atoms with Crippen molar-refractivity contribution < 1.29 is 28.2 Å². The highest BCUT2D eigenvalue weighted by Gasteiger charge is 2.49. The van der Waals surface area contributed by atoms with Gasteiger partial charge in [-0.25, -0.2) is 18.6 Å². The highest BCUT2D eigenvalue weighted by molar-refractivity contribution is 6.01. The number of nitrogens with one attached hydrogen (secondary N) is 2. The van der Waals surface area contributed by atoms with E-state index >= 15 is 0 Å². The molecule has 1 aromatic carbocycles. The molecule has 0 amide bonds. The number of aromatic nitrogens is 2. The second-order valence-corrected chi connectivity index (χ2v) is 8.11. The number of carbonyl (C=O) groups excluding carboxylic acids is 1. The van der Waals surface area contributed by atoms with Crippen LogP contribution in [-0.4, -0.2) is 69.4 Å². The fourth-order valence-electron chi connectivity index (χ4n) is 4.16. The summed E-state index contributed by atoms with van der Waals surface area (Å²) < 4.78 is 33.5. The molecule has 1 fully saturated rings. The van der Waals surface area contributed by atoms with E-state index in [0.29, 0.717) is 17.0 Å². The molecule has 3 N–H and O–H groups in total. The normalized spacial score (nSPS) is 21.7. The minimum absolute atomic E-state index is 0.0595. The van der Waals surface area contributed by atoms with Crippen LogP contribution in [0.2, 0.25) is 0 Å². The summed E-state index contributed by atoms with van der Waals surface area (Å²) in [7, 11) is 0. The Morgan fingerprint density at radius 1 is 1.34 bits per heavy atom. The van der Waals surface area contributed by atoms with E-state index in [1.807, 2.05) is 6.07 Å². The Morgan fingerprint density at radius 3 is 2.69 bits per heavy atom. The predicted octanol–water partition coefficient (Wildman–Crippen LogP) is 1.98. The van der Waals surface area contributed by atoms with Gasteiger partial charge in [0.05, 0.1) is 30.4 Å². The van der Waals surface area contributed by atoms with Crippen LogP contribution in [0.4, 0.5) is 8.78 Å². The summed E-state index contributed by atoms with van der Waals surface area (Å²) in [6.45, 7) is 0.626. The Morgan fingerprint density at radius 2 is 2.09 bits per heavy atom. The number of H-pyrrole nitrogens is 1. The molecule has 4 rings (SSSR count). The number of hydrogen-bond acceptors (Lipinski definition) is 8. The van der Waals surface area contributed by atoms with Gasteiger partial charge in [0, 0.05) is 31.1 Å². The predicted molar refractivity (Wildman–Crippen MR) is 118 cm³/mol. The molecule has 1 saturated heterocycles. The van der Waals surface area contributed by atoms with Gasteiger partial charge in [0.1, 0.15) is 12.1 Å². The summed E-state index contributed by atoms with van der Waals surface area (Å²) in [6, 6.07) is 6.10. The topological polar surface area (TPSA) is 144 Å². The number of nitrogens with zero attached hydrogens (tertiary/aromatic N) is 4. The standard InChI is InChI=1S/C23H22F2N6O4/c1-2-35-22(34)17-15(11-31-12-23(24,25)9-16(31)21(32)33)29-20(19-27-7-8-28-19)30-18(17)14-5-3-13(10-26)4-6-14/h3-8,16,18H,2,9,11-12H2,1H3,(H,27,28)(H,29,30)(H,32,33)/t16-,18-/m0/s1. The van der Waals surface area contributed by atoms with Crippen LogP contribution >= 0.6 is 0 Å². The van der Waals surface area contributed by atoms with Gasteiger partial charge in [0.25, 0.3) is 5.92 Å². The average molecular weight is 484 g/mol. The zero-order valence-corrected chi connectivity index (χ0v) is 18.7. The molecular weight excluding hydrogens is 462 g/mol. The number of halogens is 2. The van der Waals surface area contributed by atoms with Gasteiger partial charge >= 0.3 is 11.9 Å². The number of aliphatic imine (C=N–C) groups is 1. The van der Waals surface area contributed by atoms with Crippen molar-refractivity contribution in [1.82, 2.24) is 20.2 Å². The van der Waals surface area contributed by atoms with Crippen molar-refractivity contribution in [2.75, 3.05) is 19.7 Å². The molecule has 2 aromatic rings. The molecule has 0 bridgehead atoms. The van der Waals surface area contributed by atoms with Crippen LogP contribution in [0.3, 0.4) is 0 Å². The van der Waals surface area contributed by atoms with Crippen molar-refractivity contribution in [3.8, 4) is 6.07 Å². The van der Waals surface area contributed by atoms with Crippen molar-refractivity contribution in [2.24, 2.45) is 4.99 Å². The van der Waals surface area contributed by atoms with Crippen LogP contribution < -0.4 is 5.32 Å². The van der Waals surface area contributed by atoms with E-state index in [4.69, 9.17) is 10.00 Å². The molecule has 2 aliphatic heterocycles. The summed E-state index contributed by atoms with van der Waals surface area (Å²) in [5.41, 5.74) is 1.20. The lowest BCUT2D eigenvalue weighted by atomic mass is 9.94. The summed E-state index contributed by atoms with van der Waals surface area (Å²) in [5.74, 6) is -4.70. The van der Waals surface area contributed by atoms with Gasteiger partial charge in [-0.3, -0.25) is 14.7 Å². The van der Waals surface area contributed by atoms with Gasteiger partial charge in [0.2, 0.25) is 0 Å². The van der Waals surface area contributed by atoms with Gasteiger partial charge in [0.15, 0.2) is 11.7 Å². The van der Waals surface area contributed by atoms with Gasteiger partial charge in [-0.2, -0.15) is 5.26 Å². The Labute approximate surface area is 198 Å². The first-order chi connectivity index (χ1) is 16.7. The van der Waals surface area contributed by atoms with Crippen LogP contribution in [0.5, 0.6) is 0 Å². The fraction of sp³-hybridized carbons (Fsp3) is 0.348. The smallest absolute Gasteiger partial charge is 0.338 e. The van der Waals surface area contributed by atoms with Gasteiger partial charge < -0.3 is 20.1 Å². The van der Waals surface area contributed by atoms with Crippen LogP contribution in [0, 0.1) is 11.3 Å². The zero-order valence-electron chi connectivity index (χ0n) is 18.7. The minimum atomic E-state index is -3.19. The number of nitriles is 1. The average Bonchev–Trinajstić information content (AvgIpc) is 3.46. The molecule has 10 nitrogen and oxygen atoms in total. The van der Waals surface area contributed by atoms with Crippen LogP contribution in [0.25, 0.3) is 0 Å². The third-order valence-electron chi connectivity index (χ3n) is 5.71. The molecule has 0 radical (unpaired) electrons. The number of likely N-dealkylation sites (tertiary alicyclic amines) is 1. The molecule has 0 saturated carbocycles. The summed E-state index contributed by atoms with van der Waals surface area (Å²) >= 11 is 0. The first-order valence-corrected chi connectivity index (χ1v) is 10.8. The number of alkyl halides is 2. The minimum Gasteiger partial charge on any atom is -0.480 e. The van der Waals surface area contributed by atoms with E-state index in [1.165, 1.54) is 6.20 Å². The molecule has 2 atom stereocenters. The second-order valence-electron chi connectivity index (χ2n) is 8.11. The van der Waals surface area contributed by atoms with Crippen LogP contribution in [-0.2, 0) is 14.3 Å². The lowest BCUT2D eigenvalue weighted by Crippen LogP contribution is -2.43. The van der Waals surface area contributed by atoms with Gasteiger partial charge in [-0.1, -0.05) is 12.1 Å². The molecule has 1 aromatic heterocycles. The highest BCUT2D eigenvalue weighted by atomic mass is 19.3. The van der Waals surface area contributed by atoms with E-state index in [2.05, 4.69) is 20.3 Å². The molecule has 2 aliphatic rings. The molecule has 35 heavy (non-hydrogen) atoms. The molecule has 3 heterocycles. The number of benzene rings is 1. The number of hydrogen-bond donors (Lipinski definition) is 3. The second kappa shape index (κ2) is 9.63. The van der Waals surface area contributed by atoms with E-state index < -0.39 is 42.9 Å². The lowest BCUT2D eigenvalue weighted by Gasteiger charge is -2.30. The van der Waals surface area contributed by atoms with Crippen molar-refractivity contribution in [3.05, 3.63) is 64.9 Å². The number of aromatic amines is 1. The number of carboxylic acid groups (broad SMARTS) is 1. The number of carboxylic acids is 1. The zero-order chi connectivity index (χ0) is 25.2.